The number of amides is 1. The van der Waals surface area contributed by atoms with Crippen LogP contribution in [0.3, 0.4) is 0 Å². The van der Waals surface area contributed by atoms with Crippen LogP contribution in [0.1, 0.15) is 43.0 Å². The number of fused-ring (bicyclic) bond motifs is 1. The van der Waals surface area contributed by atoms with Crippen LogP contribution in [-0.2, 0) is 0 Å². The van der Waals surface area contributed by atoms with Gasteiger partial charge in [0.05, 0.1) is 10.6 Å². The molecule has 0 aromatic carbocycles. The minimum Gasteiger partial charge on any atom is -0.348 e. The molecule has 5 heteroatoms. The van der Waals surface area contributed by atoms with Crippen molar-refractivity contribution in [3.8, 4) is 0 Å². The quantitative estimate of drug-likeness (QED) is 0.868. The fourth-order valence-electron chi connectivity index (χ4n) is 3.42. The third kappa shape index (κ3) is 3.40. The zero-order valence-electron chi connectivity index (χ0n) is 12.5. The molecule has 2 aliphatic rings. The molecule has 0 spiro atoms. The molecule has 0 unspecified atom stereocenters. The molecule has 1 N–H and O–H groups in total. The lowest BCUT2D eigenvalue weighted by molar-refractivity contribution is 0.0915. The van der Waals surface area contributed by atoms with Crippen molar-refractivity contribution in [3.63, 3.8) is 0 Å². The molecule has 114 valence electrons. The average Bonchev–Trinajstić information content (AvgIpc) is 2.92. The second-order valence-corrected chi connectivity index (χ2v) is 7.07. The van der Waals surface area contributed by atoms with Gasteiger partial charge in [0, 0.05) is 24.8 Å². The smallest absolute Gasteiger partial charge is 0.253 e. The second kappa shape index (κ2) is 6.79. The Morgan fingerprint density at radius 3 is 3.05 bits per heavy atom. The predicted octanol–water partition coefficient (Wildman–Crippen LogP) is 2.55. The highest BCUT2D eigenvalue weighted by atomic mass is 32.2. The largest absolute Gasteiger partial charge is 0.348 e. The normalized spacial score (nSPS) is 25.6. The maximum absolute atomic E-state index is 12.4. The SMILES string of the molecule is CCSc1ccc(C(=O)N[C@@H]2CCN3CCCC[C@@H]23)cn1. The van der Waals surface area contributed by atoms with Crippen molar-refractivity contribution in [2.24, 2.45) is 0 Å². The summed E-state index contributed by atoms with van der Waals surface area (Å²) in [6, 6.07) is 4.67. The van der Waals surface area contributed by atoms with Crippen LogP contribution in [0.5, 0.6) is 0 Å². The molecule has 1 aromatic rings. The third-order valence-electron chi connectivity index (χ3n) is 4.46. The number of thioether (sulfide) groups is 1. The Hall–Kier alpha value is -1.07. The monoisotopic (exact) mass is 305 g/mol. The summed E-state index contributed by atoms with van der Waals surface area (Å²) in [5, 5.41) is 4.20. The van der Waals surface area contributed by atoms with Gasteiger partial charge < -0.3 is 5.32 Å². The van der Waals surface area contributed by atoms with Crippen LogP contribution in [0.2, 0.25) is 0 Å². The third-order valence-corrected chi connectivity index (χ3v) is 5.29. The summed E-state index contributed by atoms with van der Waals surface area (Å²) in [7, 11) is 0. The van der Waals surface area contributed by atoms with E-state index < -0.39 is 0 Å². The van der Waals surface area contributed by atoms with Gasteiger partial charge in [-0.25, -0.2) is 4.98 Å². The van der Waals surface area contributed by atoms with Gasteiger partial charge in [-0.2, -0.15) is 0 Å². The Labute approximate surface area is 130 Å². The summed E-state index contributed by atoms with van der Waals surface area (Å²) >= 11 is 1.69. The summed E-state index contributed by atoms with van der Waals surface area (Å²) in [5.41, 5.74) is 0.671. The molecule has 0 radical (unpaired) electrons. The van der Waals surface area contributed by atoms with Gasteiger partial charge in [-0.15, -0.1) is 11.8 Å². The van der Waals surface area contributed by atoms with Crippen molar-refractivity contribution < 1.29 is 4.79 Å². The number of hydrogen-bond acceptors (Lipinski definition) is 4. The number of hydrogen-bond donors (Lipinski definition) is 1. The summed E-state index contributed by atoms with van der Waals surface area (Å²) in [4.78, 5) is 19.2. The number of pyridine rings is 1. The number of rotatable bonds is 4. The molecule has 3 heterocycles. The Balaban J connectivity index is 1.60. The van der Waals surface area contributed by atoms with Crippen LogP contribution in [-0.4, -0.2) is 46.7 Å². The van der Waals surface area contributed by atoms with Crippen molar-refractivity contribution in [3.05, 3.63) is 23.9 Å². The van der Waals surface area contributed by atoms with Crippen LogP contribution >= 0.6 is 11.8 Å². The van der Waals surface area contributed by atoms with E-state index in [-0.39, 0.29) is 5.91 Å². The second-order valence-electron chi connectivity index (χ2n) is 5.79. The number of nitrogens with zero attached hydrogens (tertiary/aromatic N) is 2. The van der Waals surface area contributed by atoms with Gasteiger partial charge in [0.1, 0.15) is 0 Å². The van der Waals surface area contributed by atoms with Crippen LogP contribution in [0.15, 0.2) is 23.4 Å². The molecule has 0 aliphatic carbocycles. The van der Waals surface area contributed by atoms with Gasteiger partial charge in [0.15, 0.2) is 0 Å². The molecule has 0 bridgehead atoms. The maximum Gasteiger partial charge on any atom is 0.253 e. The zero-order chi connectivity index (χ0) is 14.7. The van der Waals surface area contributed by atoms with Gasteiger partial charge in [-0.1, -0.05) is 13.3 Å². The highest BCUT2D eigenvalue weighted by molar-refractivity contribution is 7.99. The van der Waals surface area contributed by atoms with Crippen LogP contribution in [0, 0.1) is 0 Å². The first kappa shape index (κ1) is 14.9. The molecule has 0 saturated carbocycles. The van der Waals surface area contributed by atoms with Crippen LogP contribution in [0.25, 0.3) is 0 Å². The maximum atomic E-state index is 12.4. The molecule has 4 nitrogen and oxygen atoms in total. The van der Waals surface area contributed by atoms with E-state index in [0.717, 1.165) is 23.7 Å². The van der Waals surface area contributed by atoms with Gasteiger partial charge in [-0.3, -0.25) is 9.69 Å². The van der Waals surface area contributed by atoms with Crippen molar-refractivity contribution in [2.75, 3.05) is 18.8 Å². The fourth-order valence-corrected chi connectivity index (χ4v) is 4.00. The van der Waals surface area contributed by atoms with E-state index in [4.69, 9.17) is 0 Å². The number of piperidine rings is 1. The highest BCUT2D eigenvalue weighted by Gasteiger charge is 2.36. The minimum atomic E-state index is 0.0213. The number of carbonyl (C=O) groups is 1. The molecular weight excluding hydrogens is 282 g/mol. The summed E-state index contributed by atoms with van der Waals surface area (Å²) in [6.45, 7) is 4.42. The van der Waals surface area contributed by atoms with Crippen LogP contribution in [0.4, 0.5) is 0 Å². The van der Waals surface area contributed by atoms with Gasteiger partial charge >= 0.3 is 0 Å². The predicted molar refractivity (Wildman–Crippen MR) is 85.7 cm³/mol. The zero-order valence-corrected chi connectivity index (χ0v) is 13.4. The molecule has 2 aliphatic heterocycles. The van der Waals surface area contributed by atoms with E-state index in [1.807, 2.05) is 12.1 Å². The number of aromatic nitrogens is 1. The Kier molecular flexibility index (Phi) is 4.80. The number of carbonyl (C=O) groups excluding carboxylic acids is 1. The fraction of sp³-hybridized carbons (Fsp3) is 0.625. The van der Waals surface area contributed by atoms with Crippen LogP contribution < -0.4 is 5.32 Å². The molecule has 1 aromatic heterocycles. The van der Waals surface area contributed by atoms with E-state index >= 15 is 0 Å². The molecule has 2 fully saturated rings. The Morgan fingerprint density at radius 1 is 1.38 bits per heavy atom. The molecule has 3 rings (SSSR count). The van der Waals surface area contributed by atoms with Crippen molar-refractivity contribution in [1.29, 1.82) is 0 Å². The number of nitrogens with one attached hydrogen (secondary N) is 1. The lowest BCUT2D eigenvalue weighted by Crippen LogP contribution is -2.46. The molecule has 1 amide bonds. The van der Waals surface area contributed by atoms with E-state index in [2.05, 4.69) is 22.1 Å². The average molecular weight is 305 g/mol. The van der Waals surface area contributed by atoms with Gasteiger partial charge in [-0.05, 0) is 43.7 Å². The lowest BCUT2D eigenvalue weighted by Gasteiger charge is -2.32. The van der Waals surface area contributed by atoms with Crippen molar-refractivity contribution >= 4 is 17.7 Å². The Morgan fingerprint density at radius 2 is 2.29 bits per heavy atom. The Bertz CT molecular complexity index is 491. The lowest BCUT2D eigenvalue weighted by atomic mass is 9.99. The topological polar surface area (TPSA) is 45.2 Å². The first-order valence-electron chi connectivity index (χ1n) is 7.91. The van der Waals surface area contributed by atoms with E-state index in [1.54, 1.807) is 18.0 Å². The van der Waals surface area contributed by atoms with Gasteiger partial charge in [0.2, 0.25) is 0 Å². The molecule has 2 saturated heterocycles. The standard InChI is InChI=1S/C16H23N3OS/c1-2-21-15-7-6-12(11-17-15)16(20)18-13-8-10-19-9-4-3-5-14(13)19/h6-7,11,13-14H,2-5,8-10H2,1H3,(H,18,20)/t13-,14+/m1/s1. The van der Waals surface area contributed by atoms with Crippen molar-refractivity contribution in [1.82, 2.24) is 15.2 Å². The molecule has 2 atom stereocenters. The first-order chi connectivity index (χ1) is 10.3. The summed E-state index contributed by atoms with van der Waals surface area (Å²) in [6.07, 6.45) is 6.58. The van der Waals surface area contributed by atoms with Crippen molar-refractivity contribution in [2.45, 2.75) is 49.7 Å². The summed E-state index contributed by atoms with van der Waals surface area (Å²) < 4.78 is 0. The van der Waals surface area contributed by atoms with E-state index in [9.17, 15) is 4.79 Å². The summed E-state index contributed by atoms with van der Waals surface area (Å²) in [5.74, 6) is 1.02. The van der Waals surface area contributed by atoms with E-state index in [0.29, 0.717) is 17.6 Å². The minimum absolute atomic E-state index is 0.0213. The highest BCUT2D eigenvalue weighted by Crippen LogP contribution is 2.27. The van der Waals surface area contributed by atoms with E-state index in [1.165, 1.54) is 25.8 Å². The first-order valence-corrected chi connectivity index (χ1v) is 8.90. The molecular formula is C16H23N3OS. The van der Waals surface area contributed by atoms with Gasteiger partial charge in [0.25, 0.3) is 5.91 Å². The molecule has 21 heavy (non-hydrogen) atoms.